The van der Waals surface area contributed by atoms with Crippen molar-refractivity contribution in [2.45, 2.75) is 32.7 Å². The van der Waals surface area contributed by atoms with Crippen molar-refractivity contribution in [3.05, 3.63) is 29.6 Å². The highest BCUT2D eigenvalue weighted by atomic mass is 19.1. The van der Waals surface area contributed by atoms with Crippen LogP contribution < -0.4 is 16.4 Å². The molecule has 4 N–H and O–H groups in total. The van der Waals surface area contributed by atoms with Gasteiger partial charge in [-0.1, -0.05) is 19.9 Å². The molecule has 0 radical (unpaired) electrons. The van der Waals surface area contributed by atoms with Gasteiger partial charge in [0.25, 0.3) is 5.91 Å². The van der Waals surface area contributed by atoms with Gasteiger partial charge in [-0.15, -0.1) is 0 Å². The van der Waals surface area contributed by atoms with E-state index >= 15 is 0 Å². The third-order valence-corrected chi connectivity index (χ3v) is 4.09. The zero-order chi connectivity index (χ0) is 14.8. The van der Waals surface area contributed by atoms with Gasteiger partial charge in [0.05, 0.1) is 5.56 Å². The number of carbonyl (C=O) groups is 1. The van der Waals surface area contributed by atoms with Crippen LogP contribution in [0.4, 0.5) is 10.1 Å². The Labute approximate surface area is 118 Å². The number of benzene rings is 1. The van der Waals surface area contributed by atoms with Crippen molar-refractivity contribution in [1.29, 1.82) is 0 Å². The number of piperidine rings is 1. The maximum atomic E-state index is 13.7. The van der Waals surface area contributed by atoms with Crippen molar-refractivity contribution in [3.8, 4) is 0 Å². The summed E-state index contributed by atoms with van der Waals surface area (Å²) < 4.78 is 13.7. The number of primary amides is 1. The minimum absolute atomic E-state index is 0.0684. The Morgan fingerprint density at radius 2 is 2.30 bits per heavy atom. The summed E-state index contributed by atoms with van der Waals surface area (Å²) in [6.07, 6.45) is 2.31. The average Bonchev–Trinajstić information content (AvgIpc) is 2.36. The molecule has 4 nitrogen and oxygen atoms in total. The van der Waals surface area contributed by atoms with Crippen LogP contribution in [-0.4, -0.2) is 25.0 Å². The van der Waals surface area contributed by atoms with Gasteiger partial charge in [-0.25, -0.2) is 4.39 Å². The van der Waals surface area contributed by atoms with Gasteiger partial charge in [0, 0.05) is 18.3 Å². The van der Waals surface area contributed by atoms with Crippen molar-refractivity contribution in [3.63, 3.8) is 0 Å². The number of halogens is 1. The first-order valence-electron chi connectivity index (χ1n) is 6.97. The van der Waals surface area contributed by atoms with Crippen LogP contribution in [0.3, 0.4) is 0 Å². The Morgan fingerprint density at radius 1 is 1.55 bits per heavy atom. The maximum Gasteiger partial charge on any atom is 0.253 e. The van der Waals surface area contributed by atoms with Crippen molar-refractivity contribution in [2.75, 3.05) is 18.4 Å². The van der Waals surface area contributed by atoms with Crippen molar-refractivity contribution < 1.29 is 9.18 Å². The fourth-order valence-corrected chi connectivity index (χ4v) is 2.75. The van der Waals surface area contributed by atoms with Crippen LogP contribution in [0.5, 0.6) is 0 Å². The maximum absolute atomic E-state index is 13.7. The van der Waals surface area contributed by atoms with Crippen LogP contribution in [0.1, 0.15) is 37.0 Å². The van der Waals surface area contributed by atoms with Gasteiger partial charge in [-0.3, -0.25) is 4.79 Å². The van der Waals surface area contributed by atoms with E-state index in [1.54, 1.807) is 12.1 Å². The second kappa shape index (κ2) is 5.79. The molecule has 1 fully saturated rings. The lowest BCUT2D eigenvalue weighted by atomic mass is 9.77. The van der Waals surface area contributed by atoms with Crippen molar-refractivity contribution in [1.82, 2.24) is 5.32 Å². The van der Waals surface area contributed by atoms with Crippen LogP contribution in [-0.2, 0) is 0 Å². The van der Waals surface area contributed by atoms with Gasteiger partial charge in [0.15, 0.2) is 0 Å². The molecule has 1 heterocycles. The van der Waals surface area contributed by atoms with E-state index < -0.39 is 11.7 Å². The Balaban J connectivity index is 2.11. The molecule has 0 aliphatic carbocycles. The van der Waals surface area contributed by atoms with Gasteiger partial charge >= 0.3 is 0 Å². The summed E-state index contributed by atoms with van der Waals surface area (Å²) in [7, 11) is 0. The van der Waals surface area contributed by atoms with E-state index in [4.69, 9.17) is 5.73 Å². The monoisotopic (exact) mass is 279 g/mol. The average molecular weight is 279 g/mol. The van der Waals surface area contributed by atoms with Gasteiger partial charge in [0.1, 0.15) is 5.82 Å². The fraction of sp³-hybridized carbons (Fsp3) is 0.533. The summed E-state index contributed by atoms with van der Waals surface area (Å²) in [4.78, 5) is 11.3. The van der Waals surface area contributed by atoms with E-state index in [2.05, 4.69) is 24.5 Å². The molecule has 1 amide bonds. The number of amides is 1. The molecule has 1 atom stereocenters. The number of nitrogens with one attached hydrogen (secondary N) is 2. The van der Waals surface area contributed by atoms with Gasteiger partial charge in [0.2, 0.25) is 0 Å². The van der Waals surface area contributed by atoms with Crippen molar-refractivity contribution in [2.24, 2.45) is 11.1 Å². The Bertz CT molecular complexity index is 502. The minimum atomic E-state index is -0.749. The molecule has 1 aromatic rings. The van der Waals surface area contributed by atoms with Gasteiger partial charge in [-0.05, 0) is 36.9 Å². The lowest BCUT2D eigenvalue weighted by Gasteiger charge is -2.39. The minimum Gasteiger partial charge on any atom is -0.383 e. The summed E-state index contributed by atoms with van der Waals surface area (Å²) in [5.74, 6) is -1.33. The number of anilines is 1. The third kappa shape index (κ3) is 3.10. The standard InChI is InChI=1S/C15H22FN3O/c1-15(2)7-4-8-18-12(15)9-19-11-6-3-5-10(16)13(11)14(17)20/h3,5-6,12,18-19H,4,7-9H2,1-2H3,(H2,17,20). The summed E-state index contributed by atoms with van der Waals surface area (Å²) in [6.45, 7) is 6.05. The van der Waals surface area contributed by atoms with E-state index in [1.165, 1.54) is 6.07 Å². The smallest absolute Gasteiger partial charge is 0.253 e. The second-order valence-electron chi connectivity index (χ2n) is 6.01. The van der Waals surface area contributed by atoms with Crippen LogP contribution in [0.2, 0.25) is 0 Å². The lowest BCUT2D eigenvalue weighted by Crippen LogP contribution is -2.50. The number of hydrogen-bond donors (Lipinski definition) is 3. The van der Waals surface area contributed by atoms with Gasteiger partial charge < -0.3 is 16.4 Å². The molecule has 20 heavy (non-hydrogen) atoms. The van der Waals surface area contributed by atoms with E-state index in [0.717, 1.165) is 19.4 Å². The van der Waals surface area contributed by atoms with Crippen LogP contribution in [0.15, 0.2) is 18.2 Å². The number of hydrogen-bond acceptors (Lipinski definition) is 3. The largest absolute Gasteiger partial charge is 0.383 e. The molecule has 110 valence electrons. The molecule has 1 unspecified atom stereocenters. The van der Waals surface area contributed by atoms with Crippen LogP contribution >= 0.6 is 0 Å². The summed E-state index contributed by atoms with van der Waals surface area (Å²) in [5, 5.41) is 6.63. The molecule has 1 aliphatic heterocycles. The highest BCUT2D eigenvalue weighted by molar-refractivity contribution is 5.98. The molecule has 0 saturated carbocycles. The molecule has 0 aromatic heterocycles. The first-order valence-corrected chi connectivity index (χ1v) is 6.97. The molecule has 1 aliphatic rings. The van der Waals surface area contributed by atoms with E-state index in [1.807, 2.05) is 0 Å². The van der Waals surface area contributed by atoms with E-state index in [0.29, 0.717) is 12.2 Å². The van der Waals surface area contributed by atoms with Crippen LogP contribution in [0.25, 0.3) is 0 Å². The zero-order valence-electron chi connectivity index (χ0n) is 12.0. The molecular weight excluding hydrogens is 257 g/mol. The predicted molar refractivity (Wildman–Crippen MR) is 78.2 cm³/mol. The Hall–Kier alpha value is -1.62. The quantitative estimate of drug-likeness (QED) is 0.791. The predicted octanol–water partition coefficient (Wildman–Crippen LogP) is 2.11. The topological polar surface area (TPSA) is 67.2 Å². The summed E-state index contributed by atoms with van der Waals surface area (Å²) in [6, 6.07) is 4.77. The van der Waals surface area contributed by atoms with Crippen LogP contribution in [0, 0.1) is 11.2 Å². The molecule has 2 rings (SSSR count). The highest BCUT2D eigenvalue weighted by Gasteiger charge is 2.31. The zero-order valence-corrected chi connectivity index (χ0v) is 12.0. The number of rotatable bonds is 4. The molecule has 0 bridgehead atoms. The summed E-state index contributed by atoms with van der Waals surface area (Å²) >= 11 is 0. The fourth-order valence-electron chi connectivity index (χ4n) is 2.75. The molecule has 0 spiro atoms. The van der Waals surface area contributed by atoms with E-state index in [-0.39, 0.29) is 17.0 Å². The molecule has 1 saturated heterocycles. The SMILES string of the molecule is CC1(C)CCCNC1CNc1cccc(F)c1C(N)=O. The first kappa shape index (κ1) is 14.8. The molecular formula is C15H22FN3O. The third-order valence-electron chi connectivity index (χ3n) is 4.09. The number of nitrogens with two attached hydrogens (primary N) is 1. The lowest BCUT2D eigenvalue weighted by molar-refractivity contribution is 0.0997. The Kier molecular flexibility index (Phi) is 4.28. The first-order chi connectivity index (χ1) is 9.42. The van der Waals surface area contributed by atoms with E-state index in [9.17, 15) is 9.18 Å². The van der Waals surface area contributed by atoms with Crippen molar-refractivity contribution >= 4 is 11.6 Å². The summed E-state index contributed by atoms with van der Waals surface area (Å²) in [5.41, 5.74) is 5.81. The Morgan fingerprint density at radius 3 is 2.95 bits per heavy atom. The number of carbonyl (C=O) groups excluding carboxylic acids is 1. The molecule has 1 aromatic carbocycles. The highest BCUT2D eigenvalue weighted by Crippen LogP contribution is 2.30. The van der Waals surface area contributed by atoms with Gasteiger partial charge in [-0.2, -0.15) is 0 Å². The second-order valence-corrected chi connectivity index (χ2v) is 6.01. The normalized spacial score (nSPS) is 21.4. The molecule has 5 heteroatoms.